The smallest absolute Gasteiger partial charge is 0.251 e. The highest BCUT2D eigenvalue weighted by Crippen LogP contribution is 2.26. The minimum atomic E-state index is -3.18. The van der Waals surface area contributed by atoms with Crippen LogP contribution in [0.4, 0.5) is 5.69 Å². The number of rotatable bonds is 5. The average molecular weight is 348 g/mol. The Labute approximate surface area is 137 Å². The van der Waals surface area contributed by atoms with Gasteiger partial charge in [0, 0.05) is 25.2 Å². The summed E-state index contributed by atoms with van der Waals surface area (Å²) in [7, 11) is -1.36. The van der Waals surface area contributed by atoms with E-state index >= 15 is 0 Å². The molecule has 2 rings (SSSR count). The predicted octanol–water partition coefficient (Wildman–Crippen LogP) is 0.906. The Morgan fingerprint density at radius 1 is 1.32 bits per heavy atom. The van der Waals surface area contributed by atoms with Gasteiger partial charge >= 0.3 is 0 Å². The van der Waals surface area contributed by atoms with Gasteiger partial charge in [0.05, 0.1) is 11.4 Å². The van der Waals surface area contributed by atoms with Crippen molar-refractivity contribution in [2.75, 3.05) is 36.7 Å². The minimum Gasteiger partial charge on any atom is -0.351 e. The molecule has 0 aliphatic carbocycles. The highest BCUT2D eigenvalue weighted by molar-refractivity contribution is 7.93. The molecular weight excluding hydrogens is 326 g/mol. The first-order valence-corrected chi connectivity index (χ1v) is 8.60. The molecule has 1 aromatic carbocycles. The van der Waals surface area contributed by atoms with E-state index in [2.05, 4.69) is 10.6 Å². The molecule has 124 valence electrons. The number of sulfonamides is 1. The van der Waals surface area contributed by atoms with Gasteiger partial charge in [-0.15, -0.1) is 12.4 Å². The number of hydrogen-bond acceptors (Lipinski definition) is 4. The van der Waals surface area contributed by atoms with Crippen LogP contribution < -0.4 is 14.9 Å². The van der Waals surface area contributed by atoms with E-state index in [1.165, 1.54) is 4.31 Å². The molecular formula is C14H22ClN3O3S. The maximum Gasteiger partial charge on any atom is 0.251 e. The van der Waals surface area contributed by atoms with E-state index in [-0.39, 0.29) is 24.1 Å². The van der Waals surface area contributed by atoms with Crippen LogP contribution in [0, 0.1) is 6.92 Å². The van der Waals surface area contributed by atoms with Crippen LogP contribution in [0.25, 0.3) is 0 Å². The number of aryl methyl sites for hydroxylation is 1. The number of carbonyl (C=O) groups excluding carboxylic acids is 1. The molecule has 1 fully saturated rings. The number of halogens is 1. The second-order valence-corrected chi connectivity index (χ2v) is 7.11. The summed E-state index contributed by atoms with van der Waals surface area (Å²) < 4.78 is 25.2. The molecule has 0 saturated carbocycles. The third-order valence-corrected chi connectivity index (χ3v) is 5.37. The molecule has 0 unspecified atom stereocenters. The van der Waals surface area contributed by atoms with Crippen molar-refractivity contribution in [1.82, 2.24) is 10.6 Å². The molecule has 0 aromatic heterocycles. The highest BCUT2D eigenvalue weighted by Gasteiger charge is 2.28. The Balaban J connectivity index is 0.00000242. The van der Waals surface area contributed by atoms with Crippen molar-refractivity contribution in [3.63, 3.8) is 0 Å². The number of nitrogens with one attached hydrogen (secondary N) is 2. The monoisotopic (exact) mass is 347 g/mol. The van der Waals surface area contributed by atoms with E-state index in [4.69, 9.17) is 0 Å². The molecule has 1 saturated heterocycles. The number of benzene rings is 1. The van der Waals surface area contributed by atoms with Gasteiger partial charge in [0.25, 0.3) is 5.91 Å². The van der Waals surface area contributed by atoms with Crippen molar-refractivity contribution in [2.45, 2.75) is 13.3 Å². The SMILES string of the molecule is CNCCNC(=O)c1ccc(N2CCCS2(=O)=O)cc1C.Cl. The quantitative estimate of drug-likeness (QED) is 0.776. The number of nitrogens with zero attached hydrogens (tertiary/aromatic N) is 1. The van der Waals surface area contributed by atoms with Gasteiger partial charge in [-0.05, 0) is 44.2 Å². The fourth-order valence-corrected chi connectivity index (χ4v) is 3.94. The Morgan fingerprint density at radius 3 is 2.59 bits per heavy atom. The summed E-state index contributed by atoms with van der Waals surface area (Å²) in [6.07, 6.45) is 0.646. The Kier molecular flexibility index (Phi) is 6.65. The van der Waals surface area contributed by atoms with Gasteiger partial charge in [0.2, 0.25) is 10.0 Å². The standard InChI is InChI=1S/C14H21N3O3S.ClH/c1-11-10-12(17-8-3-9-21(17,19)20)4-5-13(11)14(18)16-7-6-15-2;/h4-5,10,15H,3,6-9H2,1-2H3,(H,16,18);1H. The van der Waals surface area contributed by atoms with E-state index < -0.39 is 10.0 Å². The molecule has 2 N–H and O–H groups in total. The highest BCUT2D eigenvalue weighted by atomic mass is 35.5. The summed E-state index contributed by atoms with van der Waals surface area (Å²) in [5.74, 6) is 0.0526. The van der Waals surface area contributed by atoms with Crippen molar-refractivity contribution < 1.29 is 13.2 Å². The molecule has 1 aliphatic rings. The zero-order valence-corrected chi connectivity index (χ0v) is 14.4. The van der Waals surface area contributed by atoms with Crippen LogP contribution in [-0.2, 0) is 10.0 Å². The van der Waals surface area contributed by atoms with Gasteiger partial charge in [-0.2, -0.15) is 0 Å². The van der Waals surface area contributed by atoms with Gasteiger partial charge in [0.15, 0.2) is 0 Å². The molecule has 8 heteroatoms. The van der Waals surface area contributed by atoms with Crippen molar-refractivity contribution in [3.05, 3.63) is 29.3 Å². The fourth-order valence-electron chi connectivity index (χ4n) is 2.38. The normalized spacial score (nSPS) is 16.2. The summed E-state index contributed by atoms with van der Waals surface area (Å²) >= 11 is 0. The predicted molar refractivity (Wildman–Crippen MR) is 90.4 cm³/mol. The lowest BCUT2D eigenvalue weighted by atomic mass is 10.1. The van der Waals surface area contributed by atoms with Gasteiger partial charge in [-0.3, -0.25) is 9.10 Å². The number of amides is 1. The first kappa shape index (κ1) is 18.7. The van der Waals surface area contributed by atoms with Crippen molar-refractivity contribution in [3.8, 4) is 0 Å². The van der Waals surface area contributed by atoms with Gasteiger partial charge in [0.1, 0.15) is 0 Å². The number of anilines is 1. The first-order valence-electron chi connectivity index (χ1n) is 6.99. The Morgan fingerprint density at radius 2 is 2.05 bits per heavy atom. The maximum atomic E-state index is 12.0. The summed E-state index contributed by atoms with van der Waals surface area (Å²) in [5, 5.41) is 5.77. The Hall–Kier alpha value is -1.31. The minimum absolute atomic E-state index is 0. The topological polar surface area (TPSA) is 78.5 Å². The van der Waals surface area contributed by atoms with Crippen LogP contribution in [-0.4, -0.2) is 46.8 Å². The van der Waals surface area contributed by atoms with Crippen LogP contribution in [0.3, 0.4) is 0 Å². The van der Waals surface area contributed by atoms with Crippen LogP contribution >= 0.6 is 12.4 Å². The molecule has 0 spiro atoms. The van der Waals surface area contributed by atoms with E-state index in [9.17, 15) is 13.2 Å². The lowest BCUT2D eigenvalue weighted by molar-refractivity contribution is 0.0953. The van der Waals surface area contributed by atoms with Crippen molar-refractivity contribution in [1.29, 1.82) is 0 Å². The lowest BCUT2D eigenvalue weighted by Crippen LogP contribution is -2.31. The zero-order chi connectivity index (χ0) is 15.5. The number of likely N-dealkylation sites (N-methyl/N-ethyl adjacent to an activating group) is 1. The van der Waals surface area contributed by atoms with Crippen LogP contribution in [0.1, 0.15) is 22.3 Å². The molecule has 1 amide bonds. The zero-order valence-electron chi connectivity index (χ0n) is 12.8. The van der Waals surface area contributed by atoms with Crippen LogP contribution in [0.5, 0.6) is 0 Å². The van der Waals surface area contributed by atoms with Crippen molar-refractivity contribution in [2.24, 2.45) is 0 Å². The molecule has 0 atom stereocenters. The van der Waals surface area contributed by atoms with Crippen LogP contribution in [0.2, 0.25) is 0 Å². The van der Waals surface area contributed by atoms with Gasteiger partial charge in [-0.1, -0.05) is 0 Å². The summed E-state index contributed by atoms with van der Waals surface area (Å²) in [6, 6.07) is 5.14. The third kappa shape index (κ3) is 4.12. The second kappa shape index (κ2) is 7.80. The van der Waals surface area contributed by atoms with Crippen LogP contribution in [0.15, 0.2) is 18.2 Å². The molecule has 0 radical (unpaired) electrons. The summed E-state index contributed by atoms with van der Waals surface area (Å²) in [4.78, 5) is 12.0. The molecule has 22 heavy (non-hydrogen) atoms. The molecule has 0 bridgehead atoms. The molecule has 1 aliphatic heterocycles. The molecule has 1 heterocycles. The number of hydrogen-bond donors (Lipinski definition) is 2. The lowest BCUT2D eigenvalue weighted by Gasteiger charge is -2.18. The average Bonchev–Trinajstić information content (AvgIpc) is 2.78. The van der Waals surface area contributed by atoms with E-state index in [0.29, 0.717) is 37.3 Å². The first-order chi connectivity index (χ1) is 9.95. The summed E-state index contributed by atoms with van der Waals surface area (Å²) in [5.41, 5.74) is 1.99. The Bertz CT molecular complexity index is 634. The third-order valence-electron chi connectivity index (χ3n) is 3.50. The maximum absolute atomic E-state index is 12.0. The fraction of sp³-hybridized carbons (Fsp3) is 0.500. The van der Waals surface area contributed by atoms with Gasteiger partial charge in [-0.25, -0.2) is 8.42 Å². The summed E-state index contributed by atoms with van der Waals surface area (Å²) in [6.45, 7) is 3.58. The van der Waals surface area contributed by atoms with Crippen molar-refractivity contribution >= 4 is 34.0 Å². The van der Waals surface area contributed by atoms with E-state index in [1.807, 2.05) is 14.0 Å². The molecule has 6 nitrogen and oxygen atoms in total. The molecule has 1 aromatic rings. The number of carbonyl (C=O) groups is 1. The largest absolute Gasteiger partial charge is 0.351 e. The van der Waals surface area contributed by atoms with E-state index in [1.54, 1.807) is 18.2 Å². The van der Waals surface area contributed by atoms with E-state index in [0.717, 1.165) is 5.56 Å². The second-order valence-electron chi connectivity index (χ2n) is 5.10. The van der Waals surface area contributed by atoms with Gasteiger partial charge < -0.3 is 10.6 Å².